The van der Waals surface area contributed by atoms with Gasteiger partial charge in [-0.15, -0.1) is 0 Å². The largest absolute Gasteiger partial charge is 0.399 e. The second-order valence-corrected chi connectivity index (χ2v) is 6.20. The molecule has 0 aromatic heterocycles. The van der Waals surface area contributed by atoms with Crippen LogP contribution in [0.3, 0.4) is 0 Å². The van der Waals surface area contributed by atoms with Crippen LogP contribution in [-0.4, -0.2) is 23.7 Å². The SMILES string of the molecule is CC(C)(C(=O)NC1CCCC1CO)c1ccc(N)cc1. The van der Waals surface area contributed by atoms with Gasteiger partial charge in [-0.3, -0.25) is 4.79 Å². The van der Waals surface area contributed by atoms with Gasteiger partial charge >= 0.3 is 0 Å². The van der Waals surface area contributed by atoms with Crippen LogP contribution in [0.1, 0.15) is 38.7 Å². The summed E-state index contributed by atoms with van der Waals surface area (Å²) in [6.07, 6.45) is 3.01. The molecule has 1 aromatic rings. The van der Waals surface area contributed by atoms with Gasteiger partial charge in [0.1, 0.15) is 0 Å². The summed E-state index contributed by atoms with van der Waals surface area (Å²) in [5, 5.41) is 12.4. The number of nitrogen functional groups attached to an aromatic ring is 1. The molecule has 4 heteroatoms. The van der Waals surface area contributed by atoms with Gasteiger partial charge in [-0.05, 0) is 44.4 Å². The highest BCUT2D eigenvalue weighted by Gasteiger charge is 2.34. The number of benzene rings is 1. The van der Waals surface area contributed by atoms with Gasteiger partial charge in [0.15, 0.2) is 0 Å². The number of carbonyl (C=O) groups excluding carboxylic acids is 1. The molecule has 110 valence electrons. The van der Waals surface area contributed by atoms with E-state index in [4.69, 9.17) is 5.73 Å². The third-order valence-corrected chi connectivity index (χ3v) is 4.41. The molecule has 1 aromatic carbocycles. The van der Waals surface area contributed by atoms with Crippen LogP contribution in [0, 0.1) is 5.92 Å². The summed E-state index contributed by atoms with van der Waals surface area (Å²) in [7, 11) is 0. The third kappa shape index (κ3) is 2.96. The summed E-state index contributed by atoms with van der Waals surface area (Å²) in [5.41, 5.74) is 6.73. The van der Waals surface area contributed by atoms with Crippen molar-refractivity contribution in [2.45, 2.75) is 44.6 Å². The monoisotopic (exact) mass is 276 g/mol. The van der Waals surface area contributed by atoms with E-state index in [1.165, 1.54) is 0 Å². The first-order valence-corrected chi connectivity index (χ1v) is 7.23. The molecule has 1 amide bonds. The lowest BCUT2D eigenvalue weighted by molar-refractivity contribution is -0.126. The van der Waals surface area contributed by atoms with Gasteiger partial charge in [0.25, 0.3) is 0 Å². The Morgan fingerprint density at radius 2 is 2.00 bits per heavy atom. The molecule has 4 nitrogen and oxygen atoms in total. The number of amides is 1. The van der Waals surface area contributed by atoms with Gasteiger partial charge in [0, 0.05) is 24.3 Å². The van der Waals surface area contributed by atoms with E-state index in [1.807, 2.05) is 38.1 Å². The Kier molecular flexibility index (Phi) is 4.33. The number of nitrogens with two attached hydrogens (primary N) is 1. The van der Waals surface area contributed by atoms with Crippen molar-refractivity contribution in [1.29, 1.82) is 0 Å². The normalized spacial score (nSPS) is 22.8. The van der Waals surface area contributed by atoms with Gasteiger partial charge in [-0.25, -0.2) is 0 Å². The molecular formula is C16H24N2O2. The molecule has 0 saturated heterocycles. The Hall–Kier alpha value is -1.55. The standard InChI is InChI=1S/C16H24N2O2/c1-16(2,12-6-8-13(17)9-7-12)15(20)18-14-5-3-4-11(14)10-19/h6-9,11,14,19H,3-5,10,17H2,1-2H3,(H,18,20). The van der Waals surface area contributed by atoms with E-state index in [1.54, 1.807) is 0 Å². The summed E-state index contributed by atoms with van der Waals surface area (Å²) >= 11 is 0. The molecule has 20 heavy (non-hydrogen) atoms. The molecular weight excluding hydrogens is 252 g/mol. The van der Waals surface area contributed by atoms with Crippen LogP contribution in [0.2, 0.25) is 0 Å². The maximum absolute atomic E-state index is 12.5. The van der Waals surface area contributed by atoms with Crippen LogP contribution in [-0.2, 0) is 10.2 Å². The maximum Gasteiger partial charge on any atom is 0.230 e. The topological polar surface area (TPSA) is 75.3 Å². The fraction of sp³-hybridized carbons (Fsp3) is 0.562. The molecule has 0 bridgehead atoms. The lowest BCUT2D eigenvalue weighted by atomic mass is 9.83. The Morgan fingerprint density at radius 3 is 2.60 bits per heavy atom. The molecule has 1 fully saturated rings. The minimum atomic E-state index is -0.601. The Balaban J connectivity index is 2.09. The molecule has 0 radical (unpaired) electrons. The zero-order valence-electron chi connectivity index (χ0n) is 12.2. The van der Waals surface area contributed by atoms with Crippen molar-refractivity contribution in [2.24, 2.45) is 5.92 Å². The van der Waals surface area contributed by atoms with Gasteiger partial charge in [0.2, 0.25) is 5.91 Å². The predicted octanol–water partition coefficient (Wildman–Crippen LogP) is 1.82. The van der Waals surface area contributed by atoms with Gasteiger partial charge in [-0.1, -0.05) is 18.6 Å². The van der Waals surface area contributed by atoms with Crippen molar-refractivity contribution < 1.29 is 9.90 Å². The van der Waals surface area contributed by atoms with Crippen LogP contribution in [0.25, 0.3) is 0 Å². The highest BCUT2D eigenvalue weighted by molar-refractivity contribution is 5.87. The minimum absolute atomic E-state index is 0.00706. The smallest absolute Gasteiger partial charge is 0.230 e. The van der Waals surface area contributed by atoms with E-state index in [9.17, 15) is 9.90 Å². The zero-order chi connectivity index (χ0) is 14.8. The Labute approximate surface area is 120 Å². The van der Waals surface area contributed by atoms with Crippen LogP contribution in [0.5, 0.6) is 0 Å². The number of aliphatic hydroxyl groups excluding tert-OH is 1. The Morgan fingerprint density at radius 1 is 1.35 bits per heavy atom. The number of nitrogens with one attached hydrogen (secondary N) is 1. The van der Waals surface area contributed by atoms with E-state index in [-0.39, 0.29) is 24.5 Å². The first kappa shape index (κ1) is 14.9. The molecule has 2 rings (SSSR count). The molecule has 2 unspecified atom stereocenters. The fourth-order valence-corrected chi connectivity index (χ4v) is 2.83. The summed E-state index contributed by atoms with van der Waals surface area (Å²) < 4.78 is 0. The van der Waals surface area contributed by atoms with E-state index < -0.39 is 5.41 Å². The third-order valence-electron chi connectivity index (χ3n) is 4.41. The van der Waals surface area contributed by atoms with Crippen molar-refractivity contribution in [1.82, 2.24) is 5.32 Å². The van der Waals surface area contributed by atoms with Crippen molar-refractivity contribution in [3.8, 4) is 0 Å². The van der Waals surface area contributed by atoms with Gasteiger partial charge in [-0.2, -0.15) is 0 Å². The van der Waals surface area contributed by atoms with Crippen molar-refractivity contribution in [3.63, 3.8) is 0 Å². The van der Waals surface area contributed by atoms with E-state index in [2.05, 4.69) is 5.32 Å². The Bertz CT molecular complexity index is 468. The first-order chi connectivity index (χ1) is 9.45. The molecule has 0 aliphatic heterocycles. The quantitative estimate of drug-likeness (QED) is 0.734. The molecule has 4 N–H and O–H groups in total. The zero-order valence-corrected chi connectivity index (χ0v) is 12.2. The summed E-state index contributed by atoms with van der Waals surface area (Å²) in [6.45, 7) is 3.97. The first-order valence-electron chi connectivity index (χ1n) is 7.23. The predicted molar refractivity (Wildman–Crippen MR) is 80.2 cm³/mol. The van der Waals surface area contributed by atoms with Gasteiger partial charge in [0.05, 0.1) is 5.41 Å². The van der Waals surface area contributed by atoms with Crippen LogP contribution in [0.4, 0.5) is 5.69 Å². The number of hydrogen-bond donors (Lipinski definition) is 3. The number of carbonyl (C=O) groups is 1. The maximum atomic E-state index is 12.5. The van der Waals surface area contributed by atoms with E-state index in [0.717, 1.165) is 24.8 Å². The second kappa shape index (κ2) is 5.83. The van der Waals surface area contributed by atoms with Crippen molar-refractivity contribution in [3.05, 3.63) is 29.8 Å². The molecule has 0 heterocycles. The minimum Gasteiger partial charge on any atom is -0.399 e. The average Bonchev–Trinajstić information content (AvgIpc) is 2.86. The van der Waals surface area contributed by atoms with Gasteiger partial charge < -0.3 is 16.2 Å². The molecule has 0 spiro atoms. The van der Waals surface area contributed by atoms with Crippen molar-refractivity contribution >= 4 is 11.6 Å². The van der Waals surface area contributed by atoms with E-state index >= 15 is 0 Å². The molecule has 1 aliphatic rings. The number of aliphatic hydroxyl groups is 1. The second-order valence-electron chi connectivity index (χ2n) is 6.20. The lowest BCUT2D eigenvalue weighted by Crippen LogP contribution is -2.47. The molecule has 2 atom stereocenters. The van der Waals surface area contributed by atoms with Crippen molar-refractivity contribution in [2.75, 3.05) is 12.3 Å². The number of hydrogen-bond acceptors (Lipinski definition) is 3. The van der Waals surface area contributed by atoms with Crippen LogP contribution >= 0.6 is 0 Å². The summed E-state index contributed by atoms with van der Waals surface area (Å²) in [5.74, 6) is 0.203. The number of rotatable bonds is 4. The van der Waals surface area contributed by atoms with Crippen LogP contribution < -0.4 is 11.1 Å². The lowest BCUT2D eigenvalue weighted by Gasteiger charge is -2.28. The van der Waals surface area contributed by atoms with E-state index in [0.29, 0.717) is 5.69 Å². The summed E-state index contributed by atoms with van der Waals surface area (Å²) in [4.78, 5) is 12.5. The highest BCUT2D eigenvalue weighted by atomic mass is 16.3. The number of anilines is 1. The molecule has 1 saturated carbocycles. The average molecular weight is 276 g/mol. The fourth-order valence-electron chi connectivity index (χ4n) is 2.83. The molecule has 1 aliphatic carbocycles. The van der Waals surface area contributed by atoms with Crippen LogP contribution in [0.15, 0.2) is 24.3 Å². The highest BCUT2D eigenvalue weighted by Crippen LogP contribution is 2.28. The summed E-state index contributed by atoms with van der Waals surface area (Å²) in [6, 6.07) is 7.52.